The van der Waals surface area contributed by atoms with Gasteiger partial charge in [0.15, 0.2) is 0 Å². The second-order valence-electron chi connectivity index (χ2n) is 5.53. The van der Waals surface area contributed by atoms with E-state index >= 15 is 0 Å². The van der Waals surface area contributed by atoms with Crippen LogP contribution in [0.25, 0.3) is 0 Å². The van der Waals surface area contributed by atoms with Crippen molar-refractivity contribution in [1.29, 1.82) is 0 Å². The quantitative estimate of drug-likeness (QED) is 0.508. The first kappa shape index (κ1) is 13.3. The maximum atomic E-state index is 11.5. The number of carbonyl (C=O) groups excluding carboxylic acids is 1. The molecule has 0 radical (unpaired) electrons. The van der Waals surface area contributed by atoms with Gasteiger partial charge in [-0.2, -0.15) is 0 Å². The van der Waals surface area contributed by atoms with Crippen molar-refractivity contribution in [2.75, 3.05) is 6.61 Å². The number of hydrogen-bond acceptors (Lipinski definition) is 2. The highest BCUT2D eigenvalue weighted by Crippen LogP contribution is 2.31. The van der Waals surface area contributed by atoms with Gasteiger partial charge in [0.1, 0.15) is 0 Å². The number of carbonyl (C=O) groups is 1. The van der Waals surface area contributed by atoms with Gasteiger partial charge in [0, 0.05) is 6.08 Å². The highest BCUT2D eigenvalue weighted by molar-refractivity contribution is 5.82. The second-order valence-corrected chi connectivity index (χ2v) is 5.53. The first-order valence-corrected chi connectivity index (χ1v) is 6.31. The highest BCUT2D eigenvalue weighted by Gasteiger charge is 2.23. The predicted octanol–water partition coefficient (Wildman–Crippen LogP) is 3.71. The number of hydrogen-bond donors (Lipinski definition) is 0. The molecule has 92 valence electrons. The van der Waals surface area contributed by atoms with Gasteiger partial charge in [-0.15, -0.1) is 0 Å². The van der Waals surface area contributed by atoms with Crippen LogP contribution in [0.5, 0.6) is 0 Å². The van der Waals surface area contributed by atoms with Crippen molar-refractivity contribution in [2.45, 2.75) is 53.4 Å². The molecule has 16 heavy (non-hydrogen) atoms. The molecule has 0 aromatic carbocycles. The summed E-state index contributed by atoms with van der Waals surface area (Å²) in [6.45, 7) is 9.15. The van der Waals surface area contributed by atoms with E-state index in [1.807, 2.05) is 6.92 Å². The second kappa shape index (κ2) is 5.51. The molecule has 1 aliphatic carbocycles. The molecule has 0 saturated heterocycles. The van der Waals surface area contributed by atoms with Gasteiger partial charge in [-0.05, 0) is 37.5 Å². The normalized spacial score (nSPS) is 17.4. The average Bonchev–Trinajstić information content (AvgIpc) is 2.98. The lowest BCUT2D eigenvalue weighted by atomic mass is 9.81. The van der Waals surface area contributed by atoms with Crippen LogP contribution >= 0.6 is 0 Å². The molecule has 0 atom stereocenters. The molecule has 1 fully saturated rings. The summed E-state index contributed by atoms with van der Waals surface area (Å²) in [5.74, 6) is 0.467. The van der Waals surface area contributed by atoms with Crippen LogP contribution in [-0.2, 0) is 9.53 Å². The van der Waals surface area contributed by atoms with E-state index in [-0.39, 0.29) is 11.4 Å². The molecule has 0 bridgehead atoms. The predicted molar refractivity (Wildman–Crippen MR) is 66.1 cm³/mol. The molecule has 1 aliphatic rings. The molecule has 0 aromatic heterocycles. The zero-order valence-corrected chi connectivity index (χ0v) is 11.0. The van der Waals surface area contributed by atoms with Gasteiger partial charge < -0.3 is 4.74 Å². The van der Waals surface area contributed by atoms with Crippen molar-refractivity contribution in [3.63, 3.8) is 0 Å². The van der Waals surface area contributed by atoms with E-state index < -0.39 is 0 Å². The van der Waals surface area contributed by atoms with Crippen molar-refractivity contribution in [1.82, 2.24) is 0 Å². The van der Waals surface area contributed by atoms with E-state index in [4.69, 9.17) is 4.74 Å². The van der Waals surface area contributed by atoms with E-state index in [9.17, 15) is 4.79 Å². The number of rotatable bonds is 6. The third kappa shape index (κ3) is 4.38. The average molecular weight is 224 g/mol. The molecular formula is C14H24O2. The fraction of sp³-hybridized carbons (Fsp3) is 0.786. The zero-order valence-electron chi connectivity index (χ0n) is 11.0. The van der Waals surface area contributed by atoms with Crippen molar-refractivity contribution in [2.24, 2.45) is 11.3 Å². The van der Waals surface area contributed by atoms with Gasteiger partial charge in [0.25, 0.3) is 0 Å². The number of esters is 1. The van der Waals surface area contributed by atoms with Crippen LogP contribution in [0.4, 0.5) is 0 Å². The summed E-state index contributed by atoms with van der Waals surface area (Å²) >= 11 is 0. The first-order chi connectivity index (χ1) is 7.45. The summed E-state index contributed by atoms with van der Waals surface area (Å²) in [5.41, 5.74) is 1.23. The Balaban J connectivity index is 2.42. The Kier molecular flexibility index (Phi) is 4.57. The zero-order chi connectivity index (χ0) is 12.2. The van der Waals surface area contributed by atoms with Crippen LogP contribution in [0.3, 0.4) is 0 Å². The number of allylic oxidation sites excluding steroid dienone is 1. The third-order valence-electron chi connectivity index (χ3n) is 3.44. The van der Waals surface area contributed by atoms with Crippen molar-refractivity contribution in [3.05, 3.63) is 11.6 Å². The standard InChI is InChI=1S/C14H24O2/c1-5-8-14(3,4)11(2)9-13(15)16-10-12-6-7-12/h9,12H,5-8,10H2,1-4H3. The molecule has 0 N–H and O–H groups in total. The summed E-state index contributed by atoms with van der Waals surface area (Å²) in [6.07, 6.45) is 6.34. The summed E-state index contributed by atoms with van der Waals surface area (Å²) < 4.78 is 5.19. The molecular weight excluding hydrogens is 200 g/mol. The van der Waals surface area contributed by atoms with Gasteiger partial charge in [-0.3, -0.25) is 0 Å². The van der Waals surface area contributed by atoms with Gasteiger partial charge in [0.2, 0.25) is 0 Å². The largest absolute Gasteiger partial charge is 0.462 e. The Hall–Kier alpha value is -0.790. The van der Waals surface area contributed by atoms with Gasteiger partial charge in [-0.25, -0.2) is 4.79 Å². The van der Waals surface area contributed by atoms with E-state index in [0.717, 1.165) is 18.4 Å². The molecule has 2 nitrogen and oxygen atoms in total. The minimum absolute atomic E-state index is 0.105. The molecule has 0 unspecified atom stereocenters. The first-order valence-electron chi connectivity index (χ1n) is 6.31. The van der Waals surface area contributed by atoms with Gasteiger partial charge >= 0.3 is 5.97 Å². The summed E-state index contributed by atoms with van der Waals surface area (Å²) in [6, 6.07) is 0. The lowest BCUT2D eigenvalue weighted by molar-refractivity contribution is -0.138. The topological polar surface area (TPSA) is 26.3 Å². The maximum Gasteiger partial charge on any atom is 0.330 e. The smallest absolute Gasteiger partial charge is 0.330 e. The lowest BCUT2D eigenvalue weighted by Crippen LogP contribution is -2.15. The van der Waals surface area contributed by atoms with E-state index in [0.29, 0.717) is 12.5 Å². The molecule has 1 rings (SSSR count). The van der Waals surface area contributed by atoms with Crippen molar-refractivity contribution in [3.8, 4) is 0 Å². The van der Waals surface area contributed by atoms with E-state index in [2.05, 4.69) is 20.8 Å². The lowest BCUT2D eigenvalue weighted by Gasteiger charge is -2.25. The van der Waals surface area contributed by atoms with Crippen LogP contribution in [0.2, 0.25) is 0 Å². The molecule has 0 amide bonds. The Bertz CT molecular complexity index is 272. The molecule has 0 spiro atoms. The molecule has 2 heteroatoms. The van der Waals surface area contributed by atoms with E-state index in [1.165, 1.54) is 12.8 Å². The van der Waals surface area contributed by atoms with Crippen molar-refractivity contribution >= 4 is 5.97 Å². The Morgan fingerprint density at radius 3 is 2.56 bits per heavy atom. The van der Waals surface area contributed by atoms with Gasteiger partial charge in [0.05, 0.1) is 6.61 Å². The van der Waals surface area contributed by atoms with Crippen LogP contribution < -0.4 is 0 Å². The fourth-order valence-corrected chi connectivity index (χ4v) is 1.72. The Morgan fingerprint density at radius 2 is 2.06 bits per heavy atom. The van der Waals surface area contributed by atoms with Crippen molar-refractivity contribution < 1.29 is 9.53 Å². The molecule has 0 heterocycles. The fourth-order valence-electron chi connectivity index (χ4n) is 1.72. The summed E-state index contributed by atoms with van der Waals surface area (Å²) in [7, 11) is 0. The highest BCUT2D eigenvalue weighted by atomic mass is 16.5. The van der Waals surface area contributed by atoms with Crippen LogP contribution in [0, 0.1) is 11.3 Å². The molecule has 0 aromatic rings. The summed E-state index contributed by atoms with van der Waals surface area (Å²) in [5, 5.41) is 0. The molecule has 1 saturated carbocycles. The Morgan fingerprint density at radius 1 is 1.44 bits per heavy atom. The summed E-state index contributed by atoms with van der Waals surface area (Å²) in [4.78, 5) is 11.5. The third-order valence-corrected chi connectivity index (χ3v) is 3.44. The minimum atomic E-state index is -0.173. The van der Waals surface area contributed by atoms with E-state index in [1.54, 1.807) is 6.08 Å². The SMILES string of the molecule is CCCC(C)(C)C(C)=CC(=O)OCC1CC1. The minimum Gasteiger partial charge on any atom is -0.462 e. The maximum absolute atomic E-state index is 11.5. The Labute approximate surface area is 99.1 Å². The monoisotopic (exact) mass is 224 g/mol. The number of ether oxygens (including phenoxy) is 1. The molecule has 0 aliphatic heterocycles. The van der Waals surface area contributed by atoms with Crippen LogP contribution in [-0.4, -0.2) is 12.6 Å². The van der Waals surface area contributed by atoms with Gasteiger partial charge in [-0.1, -0.05) is 32.8 Å². The van der Waals surface area contributed by atoms with Crippen LogP contribution in [0.1, 0.15) is 53.4 Å². The van der Waals surface area contributed by atoms with Crippen LogP contribution in [0.15, 0.2) is 11.6 Å².